The summed E-state index contributed by atoms with van der Waals surface area (Å²) in [7, 11) is 0. The Morgan fingerprint density at radius 3 is 2.15 bits per heavy atom. The van der Waals surface area contributed by atoms with Crippen LogP contribution >= 0.6 is 11.3 Å². The SMILES string of the molecule is C=C(C(=O)OCc1cc(C(F)(F)F)cc(C(F)(F)F)c1)C(O)c1nccs1. The van der Waals surface area contributed by atoms with Gasteiger partial charge in [-0.15, -0.1) is 11.3 Å². The van der Waals surface area contributed by atoms with Crippen molar-refractivity contribution in [1.82, 2.24) is 4.98 Å². The molecule has 0 aliphatic carbocycles. The Morgan fingerprint density at radius 2 is 1.70 bits per heavy atom. The molecule has 146 valence electrons. The fourth-order valence-corrected chi connectivity index (χ4v) is 2.63. The first-order valence-electron chi connectivity index (χ1n) is 7.11. The summed E-state index contributed by atoms with van der Waals surface area (Å²) < 4.78 is 81.5. The van der Waals surface area contributed by atoms with Gasteiger partial charge in [0.05, 0.1) is 16.7 Å². The topological polar surface area (TPSA) is 59.4 Å². The van der Waals surface area contributed by atoms with Gasteiger partial charge in [0, 0.05) is 11.6 Å². The van der Waals surface area contributed by atoms with E-state index in [1.807, 2.05) is 0 Å². The van der Waals surface area contributed by atoms with Crippen molar-refractivity contribution in [3.8, 4) is 0 Å². The number of thiazole rings is 1. The van der Waals surface area contributed by atoms with Crippen LogP contribution in [0.4, 0.5) is 26.3 Å². The maximum absolute atomic E-state index is 12.8. The summed E-state index contributed by atoms with van der Waals surface area (Å²) in [5.74, 6) is -1.18. The predicted molar refractivity (Wildman–Crippen MR) is 82.5 cm³/mol. The smallest absolute Gasteiger partial charge is 0.416 e. The summed E-state index contributed by atoms with van der Waals surface area (Å²) in [4.78, 5) is 15.6. The molecule has 0 spiro atoms. The number of rotatable bonds is 5. The van der Waals surface area contributed by atoms with Crippen molar-refractivity contribution >= 4 is 17.3 Å². The Kier molecular flexibility index (Phi) is 5.95. The van der Waals surface area contributed by atoms with Crippen LogP contribution in [0.2, 0.25) is 0 Å². The molecule has 1 N–H and O–H groups in total. The monoisotopic (exact) mass is 411 g/mol. The van der Waals surface area contributed by atoms with Crippen molar-refractivity contribution in [3.05, 3.63) is 63.6 Å². The molecule has 4 nitrogen and oxygen atoms in total. The largest absolute Gasteiger partial charge is 0.457 e. The molecule has 0 bridgehead atoms. The van der Waals surface area contributed by atoms with E-state index in [0.717, 1.165) is 11.3 Å². The third-order valence-electron chi connectivity index (χ3n) is 3.29. The van der Waals surface area contributed by atoms with Gasteiger partial charge < -0.3 is 9.84 Å². The lowest BCUT2D eigenvalue weighted by Crippen LogP contribution is -2.15. The number of ether oxygens (including phenoxy) is 1. The van der Waals surface area contributed by atoms with Gasteiger partial charge in [-0.25, -0.2) is 9.78 Å². The molecule has 27 heavy (non-hydrogen) atoms. The molecular weight excluding hydrogens is 400 g/mol. The lowest BCUT2D eigenvalue weighted by atomic mass is 10.1. The van der Waals surface area contributed by atoms with Crippen LogP contribution in [0.25, 0.3) is 0 Å². The summed E-state index contributed by atoms with van der Waals surface area (Å²) in [6.07, 6.45) is -10.1. The number of esters is 1. The van der Waals surface area contributed by atoms with Crippen LogP contribution in [0.1, 0.15) is 27.8 Å². The zero-order valence-corrected chi connectivity index (χ0v) is 14.1. The van der Waals surface area contributed by atoms with Gasteiger partial charge >= 0.3 is 18.3 Å². The molecule has 1 aromatic heterocycles. The van der Waals surface area contributed by atoms with E-state index in [0.29, 0.717) is 12.1 Å². The molecular formula is C16H11F6NO3S. The third kappa shape index (κ3) is 5.30. The van der Waals surface area contributed by atoms with Crippen LogP contribution in [-0.4, -0.2) is 16.1 Å². The number of nitrogens with zero attached hydrogens (tertiary/aromatic N) is 1. The highest BCUT2D eigenvalue weighted by molar-refractivity contribution is 7.09. The second-order valence-corrected chi connectivity index (χ2v) is 6.21. The lowest BCUT2D eigenvalue weighted by molar-refractivity contribution is -0.143. The molecule has 0 radical (unpaired) electrons. The number of alkyl halides is 6. The number of halogens is 6. The molecule has 2 rings (SSSR count). The van der Waals surface area contributed by atoms with Gasteiger partial charge in [0.15, 0.2) is 0 Å². The summed E-state index contributed by atoms with van der Waals surface area (Å²) in [6, 6.07) is 0.863. The van der Waals surface area contributed by atoms with Crippen molar-refractivity contribution in [2.24, 2.45) is 0 Å². The zero-order valence-electron chi connectivity index (χ0n) is 13.3. The van der Waals surface area contributed by atoms with Crippen LogP contribution in [-0.2, 0) is 28.5 Å². The predicted octanol–water partition coefficient (Wildman–Crippen LogP) is 4.51. The van der Waals surface area contributed by atoms with Crippen LogP contribution in [0, 0.1) is 0 Å². The molecule has 1 heterocycles. The fraction of sp³-hybridized carbons (Fsp3) is 0.250. The van der Waals surface area contributed by atoms with E-state index in [9.17, 15) is 36.2 Å². The maximum atomic E-state index is 12.8. The summed E-state index contributed by atoms with van der Waals surface area (Å²) in [5.41, 5.74) is -4.01. The van der Waals surface area contributed by atoms with Gasteiger partial charge in [-0.3, -0.25) is 0 Å². The Hall–Kier alpha value is -2.40. The number of aliphatic hydroxyl groups excluding tert-OH is 1. The highest BCUT2D eigenvalue weighted by Crippen LogP contribution is 2.36. The Balaban J connectivity index is 2.17. The average Bonchev–Trinajstić information content (AvgIpc) is 3.11. The molecule has 1 aromatic carbocycles. The van der Waals surface area contributed by atoms with Crippen LogP contribution in [0.5, 0.6) is 0 Å². The van der Waals surface area contributed by atoms with Gasteiger partial charge in [-0.2, -0.15) is 26.3 Å². The minimum atomic E-state index is -5.01. The van der Waals surface area contributed by atoms with Crippen molar-refractivity contribution in [1.29, 1.82) is 0 Å². The maximum Gasteiger partial charge on any atom is 0.416 e. The summed E-state index contributed by atoms with van der Waals surface area (Å²) >= 11 is 1.02. The van der Waals surface area contributed by atoms with Crippen molar-refractivity contribution < 1.29 is 41.0 Å². The Morgan fingerprint density at radius 1 is 1.15 bits per heavy atom. The molecule has 1 atom stereocenters. The number of aromatic nitrogens is 1. The number of benzene rings is 1. The van der Waals surface area contributed by atoms with E-state index in [4.69, 9.17) is 0 Å². The average molecular weight is 411 g/mol. The van der Waals surface area contributed by atoms with Crippen molar-refractivity contribution in [2.45, 2.75) is 25.1 Å². The Labute approximate surface area is 152 Å². The van der Waals surface area contributed by atoms with E-state index in [-0.39, 0.29) is 11.1 Å². The van der Waals surface area contributed by atoms with Gasteiger partial charge in [-0.1, -0.05) is 6.58 Å². The highest BCUT2D eigenvalue weighted by Gasteiger charge is 2.37. The normalized spacial score (nSPS) is 13.3. The lowest BCUT2D eigenvalue weighted by Gasteiger charge is -2.15. The van der Waals surface area contributed by atoms with Crippen LogP contribution < -0.4 is 0 Å². The van der Waals surface area contributed by atoms with E-state index in [1.54, 1.807) is 0 Å². The molecule has 0 aliphatic rings. The molecule has 1 unspecified atom stereocenters. The quantitative estimate of drug-likeness (QED) is 0.447. The minimum absolute atomic E-state index is 0.0313. The molecule has 0 aliphatic heterocycles. The zero-order chi connectivity index (χ0) is 20.4. The fourth-order valence-electron chi connectivity index (χ4n) is 1.97. The van der Waals surface area contributed by atoms with Crippen molar-refractivity contribution in [2.75, 3.05) is 0 Å². The highest BCUT2D eigenvalue weighted by atomic mass is 32.1. The van der Waals surface area contributed by atoms with Gasteiger partial charge in [-0.05, 0) is 23.8 Å². The standard InChI is InChI=1S/C16H11F6NO3S/c1-8(12(24)13-23-2-3-27-13)14(25)26-7-9-4-10(15(17,18)19)6-11(5-9)16(20,21)22/h2-6,12,24H,1,7H2. The second kappa shape index (κ2) is 7.69. The van der Waals surface area contributed by atoms with E-state index < -0.39 is 53.3 Å². The molecule has 0 saturated heterocycles. The van der Waals surface area contributed by atoms with Crippen LogP contribution in [0.15, 0.2) is 41.9 Å². The van der Waals surface area contributed by atoms with E-state index >= 15 is 0 Å². The number of carbonyl (C=O) groups is 1. The number of carbonyl (C=O) groups excluding carboxylic acids is 1. The number of hydrogen-bond acceptors (Lipinski definition) is 5. The van der Waals surface area contributed by atoms with Crippen LogP contribution in [0.3, 0.4) is 0 Å². The molecule has 0 amide bonds. The molecule has 2 aromatic rings. The van der Waals surface area contributed by atoms with E-state index in [2.05, 4.69) is 16.3 Å². The van der Waals surface area contributed by atoms with E-state index in [1.165, 1.54) is 11.6 Å². The molecule has 0 saturated carbocycles. The number of hydrogen-bond donors (Lipinski definition) is 1. The first-order chi connectivity index (χ1) is 12.4. The first-order valence-corrected chi connectivity index (χ1v) is 7.99. The van der Waals surface area contributed by atoms with Gasteiger partial charge in [0.1, 0.15) is 17.7 Å². The van der Waals surface area contributed by atoms with Gasteiger partial charge in [0.2, 0.25) is 0 Å². The van der Waals surface area contributed by atoms with Gasteiger partial charge in [0.25, 0.3) is 0 Å². The molecule has 0 fully saturated rings. The minimum Gasteiger partial charge on any atom is -0.457 e. The summed E-state index contributed by atoms with van der Waals surface area (Å²) in [6.45, 7) is 2.45. The second-order valence-electron chi connectivity index (χ2n) is 5.29. The van der Waals surface area contributed by atoms with Crippen molar-refractivity contribution in [3.63, 3.8) is 0 Å². The first kappa shape index (κ1) is 20.9. The summed E-state index contributed by atoms with van der Waals surface area (Å²) in [5, 5.41) is 11.6. The molecule has 11 heteroatoms. The number of aliphatic hydroxyl groups is 1. The Bertz CT molecular complexity index is 797. The third-order valence-corrected chi connectivity index (χ3v) is 4.12.